The largest absolute Gasteiger partial charge is 0.496 e. The number of aryl methyl sites for hydroxylation is 2. The second-order valence-corrected chi connectivity index (χ2v) is 7.04. The van der Waals surface area contributed by atoms with Crippen LogP contribution in [0.4, 0.5) is 0 Å². The van der Waals surface area contributed by atoms with E-state index in [0.717, 1.165) is 34.3 Å². The summed E-state index contributed by atoms with van der Waals surface area (Å²) in [6.07, 6.45) is 4.11. The summed E-state index contributed by atoms with van der Waals surface area (Å²) in [6.45, 7) is 4.09. The third kappa shape index (κ3) is 1.54. The van der Waals surface area contributed by atoms with Crippen LogP contribution in [0.3, 0.4) is 0 Å². The Morgan fingerprint density at radius 2 is 1.80 bits per heavy atom. The molecular weight excluding hydrogens is 248 g/mol. The zero-order valence-electron chi connectivity index (χ0n) is 12.5. The van der Waals surface area contributed by atoms with E-state index < -0.39 is 0 Å². The third-order valence-electron chi connectivity index (χ3n) is 5.95. The molecule has 2 nitrogen and oxygen atoms in total. The number of hydrogen-bond acceptors (Lipinski definition) is 2. The number of fused-ring (bicyclic) bond motifs is 5. The van der Waals surface area contributed by atoms with Crippen molar-refractivity contribution in [1.29, 1.82) is 0 Å². The highest BCUT2D eigenvalue weighted by atomic mass is 16.5. The SMILES string of the molecule is COc1cc(C)cc(C)c1C(=O)C1C2C3CCC(C3)C12. The molecule has 0 aromatic heterocycles. The van der Waals surface area contributed by atoms with E-state index in [1.54, 1.807) is 7.11 Å². The van der Waals surface area contributed by atoms with Crippen molar-refractivity contribution in [3.05, 3.63) is 28.8 Å². The molecule has 4 rings (SSSR count). The van der Waals surface area contributed by atoms with Gasteiger partial charge in [0.2, 0.25) is 0 Å². The summed E-state index contributed by atoms with van der Waals surface area (Å²) in [4.78, 5) is 13.0. The molecule has 106 valence electrons. The Bertz CT molecular complexity index is 573. The molecule has 2 bridgehead atoms. The maximum absolute atomic E-state index is 13.0. The van der Waals surface area contributed by atoms with Gasteiger partial charge in [-0.05, 0) is 74.0 Å². The van der Waals surface area contributed by atoms with Crippen molar-refractivity contribution in [2.24, 2.45) is 29.6 Å². The zero-order chi connectivity index (χ0) is 14.0. The number of methoxy groups -OCH3 is 1. The Labute approximate surface area is 120 Å². The van der Waals surface area contributed by atoms with Crippen LogP contribution in [0.15, 0.2) is 12.1 Å². The summed E-state index contributed by atoms with van der Waals surface area (Å²) in [5.74, 6) is 4.51. The van der Waals surface area contributed by atoms with E-state index >= 15 is 0 Å². The normalized spacial score (nSPS) is 36.9. The van der Waals surface area contributed by atoms with Gasteiger partial charge in [-0.3, -0.25) is 4.79 Å². The average molecular weight is 270 g/mol. The molecule has 4 unspecified atom stereocenters. The fourth-order valence-electron chi connectivity index (χ4n) is 5.25. The van der Waals surface area contributed by atoms with E-state index in [-0.39, 0.29) is 0 Å². The summed E-state index contributed by atoms with van der Waals surface area (Å²) in [5, 5.41) is 0. The maximum Gasteiger partial charge on any atom is 0.170 e. The van der Waals surface area contributed by atoms with Gasteiger partial charge >= 0.3 is 0 Å². The van der Waals surface area contributed by atoms with Crippen molar-refractivity contribution in [3.8, 4) is 5.75 Å². The Kier molecular flexibility index (Phi) is 2.55. The topological polar surface area (TPSA) is 26.3 Å². The van der Waals surface area contributed by atoms with Crippen molar-refractivity contribution in [3.63, 3.8) is 0 Å². The third-order valence-corrected chi connectivity index (χ3v) is 5.95. The van der Waals surface area contributed by atoms with Crippen molar-refractivity contribution in [2.75, 3.05) is 7.11 Å². The first-order valence-electron chi connectivity index (χ1n) is 7.81. The van der Waals surface area contributed by atoms with Crippen LogP contribution >= 0.6 is 0 Å². The smallest absolute Gasteiger partial charge is 0.170 e. The first kappa shape index (κ1) is 12.4. The van der Waals surface area contributed by atoms with Crippen LogP contribution < -0.4 is 4.74 Å². The molecule has 0 amide bonds. The molecule has 3 aliphatic carbocycles. The molecule has 1 aromatic carbocycles. The van der Waals surface area contributed by atoms with Crippen molar-refractivity contribution in [1.82, 2.24) is 0 Å². The van der Waals surface area contributed by atoms with Crippen molar-refractivity contribution in [2.45, 2.75) is 33.1 Å². The van der Waals surface area contributed by atoms with Crippen LogP contribution in [0.25, 0.3) is 0 Å². The Morgan fingerprint density at radius 3 is 2.40 bits per heavy atom. The quantitative estimate of drug-likeness (QED) is 0.781. The number of Topliss-reactive ketones (excluding diaryl/α,β-unsaturated/α-hetero) is 1. The first-order chi connectivity index (χ1) is 9.61. The lowest BCUT2D eigenvalue weighted by molar-refractivity contribution is 0.0941. The van der Waals surface area contributed by atoms with Gasteiger partial charge in [0.05, 0.1) is 12.7 Å². The molecular formula is C18H22O2. The Morgan fingerprint density at radius 1 is 1.15 bits per heavy atom. The predicted octanol–water partition coefficient (Wildman–Crippen LogP) is 3.79. The second kappa shape index (κ2) is 4.09. The fraction of sp³-hybridized carbons (Fsp3) is 0.611. The Hall–Kier alpha value is -1.31. The van der Waals surface area contributed by atoms with E-state index in [9.17, 15) is 4.79 Å². The van der Waals surface area contributed by atoms with Gasteiger partial charge in [-0.15, -0.1) is 0 Å². The minimum Gasteiger partial charge on any atom is -0.496 e. The van der Waals surface area contributed by atoms with Gasteiger partial charge in [0.25, 0.3) is 0 Å². The van der Waals surface area contributed by atoms with Crippen molar-refractivity contribution >= 4 is 5.78 Å². The van der Waals surface area contributed by atoms with Crippen molar-refractivity contribution < 1.29 is 9.53 Å². The van der Waals surface area contributed by atoms with Crippen LogP contribution in [0.1, 0.15) is 40.7 Å². The summed E-state index contributed by atoms with van der Waals surface area (Å²) >= 11 is 0. The molecule has 0 heterocycles. The number of carbonyl (C=O) groups is 1. The zero-order valence-corrected chi connectivity index (χ0v) is 12.5. The highest BCUT2D eigenvalue weighted by molar-refractivity contribution is 6.03. The summed E-state index contributed by atoms with van der Waals surface area (Å²) in [5.41, 5.74) is 3.08. The predicted molar refractivity (Wildman–Crippen MR) is 78.1 cm³/mol. The number of ether oxygens (including phenoxy) is 1. The summed E-state index contributed by atoms with van der Waals surface area (Å²) < 4.78 is 5.48. The van der Waals surface area contributed by atoms with Gasteiger partial charge in [0.1, 0.15) is 5.75 Å². The molecule has 3 fully saturated rings. The van der Waals surface area contributed by atoms with E-state index in [4.69, 9.17) is 4.74 Å². The molecule has 1 aromatic rings. The van der Waals surface area contributed by atoms with Gasteiger partial charge < -0.3 is 4.74 Å². The number of ketones is 1. The van der Waals surface area contributed by atoms with E-state index in [1.165, 1.54) is 19.3 Å². The molecule has 0 aliphatic heterocycles. The molecule has 0 saturated heterocycles. The highest BCUT2D eigenvalue weighted by Crippen LogP contribution is 2.70. The van der Waals surface area contributed by atoms with Crippen LogP contribution in [0, 0.1) is 43.4 Å². The lowest BCUT2D eigenvalue weighted by Gasteiger charge is -2.14. The molecule has 3 saturated carbocycles. The molecule has 2 heteroatoms. The van der Waals surface area contributed by atoms with Crippen LogP contribution in [-0.4, -0.2) is 12.9 Å². The standard InChI is InChI=1S/C18H22O2/c1-9-6-10(2)14(13(7-9)20-3)18(19)17-15-11-4-5-12(8-11)16(15)17/h6-7,11-12,15-17H,4-5,8H2,1-3H3. The van der Waals surface area contributed by atoms with Crippen LogP contribution in [-0.2, 0) is 0 Å². The number of carbonyl (C=O) groups excluding carboxylic acids is 1. The van der Waals surface area contributed by atoms with E-state index in [2.05, 4.69) is 13.0 Å². The van der Waals surface area contributed by atoms with Gasteiger partial charge in [0.15, 0.2) is 5.78 Å². The van der Waals surface area contributed by atoms with Crippen LogP contribution in [0.2, 0.25) is 0 Å². The van der Waals surface area contributed by atoms with E-state index in [1.807, 2.05) is 13.0 Å². The second-order valence-electron chi connectivity index (χ2n) is 7.04. The number of hydrogen-bond donors (Lipinski definition) is 0. The molecule has 0 radical (unpaired) electrons. The minimum atomic E-state index is 0.302. The molecule has 20 heavy (non-hydrogen) atoms. The van der Waals surface area contributed by atoms with Gasteiger partial charge in [-0.25, -0.2) is 0 Å². The lowest BCUT2D eigenvalue weighted by Crippen LogP contribution is -2.13. The Balaban J connectivity index is 1.67. The lowest BCUT2D eigenvalue weighted by atomic mass is 9.92. The first-order valence-corrected chi connectivity index (χ1v) is 7.81. The summed E-state index contributed by atoms with van der Waals surface area (Å²) in [7, 11) is 1.67. The molecule has 4 atom stereocenters. The summed E-state index contributed by atoms with van der Waals surface area (Å²) in [6, 6.07) is 4.09. The maximum atomic E-state index is 13.0. The van der Waals surface area contributed by atoms with Gasteiger partial charge in [-0.1, -0.05) is 6.07 Å². The number of benzene rings is 1. The van der Waals surface area contributed by atoms with E-state index in [0.29, 0.717) is 23.5 Å². The van der Waals surface area contributed by atoms with Crippen LogP contribution in [0.5, 0.6) is 5.75 Å². The molecule has 0 N–H and O–H groups in total. The molecule has 0 spiro atoms. The number of rotatable bonds is 3. The molecule has 3 aliphatic rings. The van der Waals surface area contributed by atoms with Gasteiger partial charge in [-0.2, -0.15) is 0 Å². The monoisotopic (exact) mass is 270 g/mol. The fourth-order valence-corrected chi connectivity index (χ4v) is 5.25. The average Bonchev–Trinajstić information content (AvgIpc) is 2.85. The minimum absolute atomic E-state index is 0.302. The van der Waals surface area contributed by atoms with Gasteiger partial charge in [0, 0.05) is 5.92 Å². The highest BCUT2D eigenvalue weighted by Gasteiger charge is 2.67.